The molecule has 2 unspecified atom stereocenters. The molecule has 3 aromatic rings. The average Bonchev–Trinajstić information content (AvgIpc) is 3.33. The van der Waals surface area contributed by atoms with Crippen molar-refractivity contribution < 1.29 is 4.79 Å². The van der Waals surface area contributed by atoms with Crippen molar-refractivity contribution in [1.82, 2.24) is 30.2 Å². The van der Waals surface area contributed by atoms with Gasteiger partial charge in [-0.25, -0.2) is 4.68 Å². The van der Waals surface area contributed by atoms with Crippen molar-refractivity contribution in [3.8, 4) is 5.00 Å². The third kappa shape index (κ3) is 2.60. The standard InChI is InChI=1S/C18H20N6OS/c1-11-17(12-2-5-23(11)6-3-12)21-18(25)14-9-15-13(10-19-14)8-16(26-15)24-7-4-20-22-24/h4,7-12,17H,2-3,5-6H2,1H3,(H,21,25). The van der Waals surface area contributed by atoms with Crippen molar-refractivity contribution in [3.63, 3.8) is 0 Å². The van der Waals surface area contributed by atoms with Gasteiger partial charge in [0.2, 0.25) is 0 Å². The largest absolute Gasteiger partial charge is 0.346 e. The summed E-state index contributed by atoms with van der Waals surface area (Å²) >= 11 is 1.58. The summed E-state index contributed by atoms with van der Waals surface area (Å²) in [5, 5.41) is 13.1. The number of nitrogens with zero attached hydrogens (tertiary/aromatic N) is 5. The van der Waals surface area contributed by atoms with Gasteiger partial charge in [-0.3, -0.25) is 14.7 Å². The fourth-order valence-corrected chi connectivity index (χ4v) is 5.25. The first-order chi connectivity index (χ1) is 12.7. The maximum atomic E-state index is 12.8. The fraction of sp³-hybridized carbons (Fsp3) is 0.444. The number of thiophene rings is 1. The summed E-state index contributed by atoms with van der Waals surface area (Å²) in [6, 6.07) is 4.51. The Hall–Kier alpha value is -2.32. The van der Waals surface area contributed by atoms with Crippen molar-refractivity contribution >= 4 is 27.3 Å². The average molecular weight is 368 g/mol. The second-order valence-corrected chi connectivity index (χ2v) is 8.22. The highest BCUT2D eigenvalue weighted by molar-refractivity contribution is 7.21. The number of fused-ring (bicyclic) bond motifs is 4. The van der Waals surface area contributed by atoms with E-state index in [2.05, 4.69) is 32.4 Å². The normalized spacial score (nSPS) is 27.7. The van der Waals surface area contributed by atoms with E-state index in [1.54, 1.807) is 34.6 Å². The molecule has 3 aromatic heterocycles. The van der Waals surface area contributed by atoms with Gasteiger partial charge < -0.3 is 5.32 Å². The molecule has 134 valence electrons. The van der Waals surface area contributed by atoms with E-state index in [1.165, 1.54) is 12.8 Å². The SMILES string of the molecule is CC1C(NC(=O)c2cc3sc(-n4ccnn4)cc3cn2)C2CCN1CC2. The molecule has 2 atom stereocenters. The molecule has 7 nitrogen and oxygen atoms in total. The quantitative estimate of drug-likeness (QED) is 0.766. The molecule has 0 aliphatic carbocycles. The molecule has 3 saturated heterocycles. The smallest absolute Gasteiger partial charge is 0.270 e. The van der Waals surface area contributed by atoms with E-state index in [4.69, 9.17) is 0 Å². The Bertz CT molecular complexity index is 942. The number of rotatable bonds is 3. The van der Waals surface area contributed by atoms with Crippen molar-refractivity contribution in [1.29, 1.82) is 0 Å². The van der Waals surface area contributed by atoms with Gasteiger partial charge in [0.15, 0.2) is 0 Å². The topological polar surface area (TPSA) is 75.9 Å². The summed E-state index contributed by atoms with van der Waals surface area (Å²) in [6.07, 6.45) is 7.57. The number of hydrogen-bond acceptors (Lipinski definition) is 6. The third-order valence-corrected chi connectivity index (χ3v) is 6.83. The van der Waals surface area contributed by atoms with Crippen molar-refractivity contribution in [2.75, 3.05) is 13.1 Å². The first kappa shape index (κ1) is 15.9. The van der Waals surface area contributed by atoms with Crippen molar-refractivity contribution in [2.45, 2.75) is 31.8 Å². The molecule has 0 radical (unpaired) electrons. The van der Waals surface area contributed by atoms with Crippen LogP contribution in [-0.2, 0) is 0 Å². The predicted octanol–water partition coefficient (Wildman–Crippen LogP) is 2.09. The van der Waals surface area contributed by atoms with E-state index in [1.807, 2.05) is 12.1 Å². The summed E-state index contributed by atoms with van der Waals surface area (Å²) in [5.41, 5.74) is 0.480. The Kier molecular flexibility index (Phi) is 3.75. The van der Waals surface area contributed by atoms with Gasteiger partial charge in [0, 0.05) is 28.4 Å². The van der Waals surface area contributed by atoms with E-state index in [9.17, 15) is 4.79 Å². The van der Waals surface area contributed by atoms with Gasteiger partial charge in [0.1, 0.15) is 10.7 Å². The van der Waals surface area contributed by atoms with Gasteiger partial charge in [0.25, 0.3) is 5.91 Å². The van der Waals surface area contributed by atoms with Gasteiger partial charge in [-0.1, -0.05) is 5.21 Å². The molecule has 3 fully saturated rings. The summed E-state index contributed by atoms with van der Waals surface area (Å²) in [5.74, 6) is 0.511. The Morgan fingerprint density at radius 2 is 2.15 bits per heavy atom. The second-order valence-electron chi connectivity index (χ2n) is 7.15. The molecule has 6 rings (SSSR count). The van der Waals surface area contributed by atoms with E-state index < -0.39 is 0 Å². The van der Waals surface area contributed by atoms with Crippen LogP contribution in [-0.4, -0.2) is 56.0 Å². The van der Waals surface area contributed by atoms with E-state index in [0.717, 1.165) is 28.2 Å². The summed E-state index contributed by atoms with van der Waals surface area (Å²) in [4.78, 5) is 19.7. The molecule has 0 saturated carbocycles. The number of pyridine rings is 1. The van der Waals surface area contributed by atoms with Crippen LogP contribution in [0.5, 0.6) is 0 Å². The van der Waals surface area contributed by atoms with Crippen LogP contribution in [0, 0.1) is 5.92 Å². The molecule has 3 aliphatic rings. The zero-order valence-electron chi connectivity index (χ0n) is 14.5. The minimum absolute atomic E-state index is 0.0757. The van der Waals surface area contributed by atoms with Crippen LogP contribution in [0.1, 0.15) is 30.3 Å². The first-order valence-corrected chi connectivity index (χ1v) is 9.82. The van der Waals surface area contributed by atoms with Crippen LogP contribution in [0.25, 0.3) is 15.1 Å². The predicted molar refractivity (Wildman–Crippen MR) is 99.6 cm³/mol. The number of amides is 1. The van der Waals surface area contributed by atoms with Crippen LogP contribution in [0.15, 0.2) is 30.7 Å². The lowest BCUT2D eigenvalue weighted by molar-refractivity contribution is 0.0216. The third-order valence-electron chi connectivity index (χ3n) is 5.75. The van der Waals surface area contributed by atoms with E-state index >= 15 is 0 Å². The molecule has 0 aromatic carbocycles. The Labute approximate surface area is 155 Å². The number of hydrogen-bond donors (Lipinski definition) is 1. The van der Waals surface area contributed by atoms with E-state index in [-0.39, 0.29) is 11.9 Å². The molecule has 1 amide bonds. The van der Waals surface area contributed by atoms with Gasteiger partial charge in [-0.05, 0) is 50.9 Å². The number of aromatic nitrogens is 4. The molecule has 1 N–H and O–H groups in total. The molecule has 8 heteroatoms. The monoisotopic (exact) mass is 368 g/mol. The Morgan fingerprint density at radius 1 is 1.31 bits per heavy atom. The molecule has 26 heavy (non-hydrogen) atoms. The summed E-state index contributed by atoms with van der Waals surface area (Å²) < 4.78 is 2.75. The lowest BCUT2D eigenvalue weighted by Crippen LogP contribution is -2.62. The molecule has 0 spiro atoms. The minimum Gasteiger partial charge on any atom is -0.346 e. The van der Waals surface area contributed by atoms with Gasteiger partial charge in [0.05, 0.1) is 12.4 Å². The number of carbonyl (C=O) groups excluding carboxylic acids is 1. The second kappa shape index (κ2) is 6.14. The number of nitrogens with one attached hydrogen (secondary N) is 1. The Balaban J connectivity index is 1.39. The lowest BCUT2D eigenvalue weighted by atomic mass is 9.79. The number of carbonyl (C=O) groups is 1. The van der Waals surface area contributed by atoms with Crippen LogP contribution in [0.2, 0.25) is 0 Å². The maximum Gasteiger partial charge on any atom is 0.270 e. The van der Waals surface area contributed by atoms with Gasteiger partial charge >= 0.3 is 0 Å². The summed E-state index contributed by atoms with van der Waals surface area (Å²) in [7, 11) is 0. The minimum atomic E-state index is -0.0757. The van der Waals surface area contributed by atoms with Crippen molar-refractivity contribution in [3.05, 3.63) is 36.4 Å². The lowest BCUT2D eigenvalue weighted by Gasteiger charge is -2.49. The maximum absolute atomic E-state index is 12.8. The highest BCUT2D eigenvalue weighted by Crippen LogP contribution is 2.32. The molecule has 6 heterocycles. The van der Waals surface area contributed by atoms with Crippen molar-refractivity contribution in [2.24, 2.45) is 5.92 Å². The number of piperidine rings is 3. The van der Waals surface area contributed by atoms with Crippen LogP contribution in [0.4, 0.5) is 0 Å². The van der Waals surface area contributed by atoms with E-state index in [0.29, 0.717) is 17.7 Å². The highest BCUT2D eigenvalue weighted by Gasteiger charge is 2.40. The summed E-state index contributed by atoms with van der Waals surface area (Å²) in [6.45, 7) is 4.53. The zero-order valence-corrected chi connectivity index (χ0v) is 15.3. The van der Waals surface area contributed by atoms with Crippen LogP contribution >= 0.6 is 11.3 Å². The van der Waals surface area contributed by atoms with Gasteiger partial charge in [-0.2, -0.15) is 0 Å². The molecular weight excluding hydrogens is 348 g/mol. The van der Waals surface area contributed by atoms with Crippen LogP contribution in [0.3, 0.4) is 0 Å². The molecule has 2 bridgehead atoms. The first-order valence-electron chi connectivity index (χ1n) is 9.00. The highest BCUT2D eigenvalue weighted by atomic mass is 32.1. The fourth-order valence-electron chi connectivity index (χ4n) is 4.25. The molecular formula is C18H20N6OS. The van der Waals surface area contributed by atoms with Gasteiger partial charge in [-0.15, -0.1) is 16.4 Å². The Morgan fingerprint density at radius 3 is 2.88 bits per heavy atom. The molecule has 3 aliphatic heterocycles. The van der Waals surface area contributed by atoms with Crippen LogP contribution < -0.4 is 5.32 Å². The zero-order chi connectivity index (χ0) is 17.7.